The molecule has 28 heavy (non-hydrogen) atoms. The Balaban J connectivity index is 1.65. The zero-order valence-corrected chi connectivity index (χ0v) is 16.5. The average molecular weight is 402 g/mol. The van der Waals surface area contributed by atoms with E-state index in [0.717, 1.165) is 11.3 Å². The maximum Gasteiger partial charge on any atom is 0.266 e. The summed E-state index contributed by atoms with van der Waals surface area (Å²) in [5, 5.41) is 0. The van der Waals surface area contributed by atoms with Crippen molar-refractivity contribution in [1.82, 2.24) is 4.31 Å². The quantitative estimate of drug-likeness (QED) is 0.768. The van der Waals surface area contributed by atoms with Crippen LogP contribution in [0.4, 0.5) is 11.4 Å². The normalized spacial score (nSPS) is 19.2. The lowest BCUT2D eigenvalue weighted by atomic mass is 10.1. The fourth-order valence-corrected chi connectivity index (χ4v) is 5.09. The van der Waals surface area contributed by atoms with Crippen LogP contribution in [0.5, 0.6) is 0 Å². The number of sulfonamides is 1. The number of carbonyl (C=O) groups is 1. The molecule has 2 aliphatic heterocycles. The molecule has 3 heterocycles. The Kier molecular flexibility index (Phi) is 4.41. The first-order valence-electron chi connectivity index (χ1n) is 9.12. The van der Waals surface area contributed by atoms with Gasteiger partial charge in [0.1, 0.15) is 0 Å². The van der Waals surface area contributed by atoms with Gasteiger partial charge in [-0.15, -0.1) is 0 Å². The number of furan rings is 1. The molecule has 0 amide bonds. The SMILES string of the molecule is CC(C)[C@H]1CN(S(=O)(=O)c2ccc3c(c2)CCN3c2ccoc2C=O)C(N)=N1. The Morgan fingerprint density at radius 2 is 2.07 bits per heavy atom. The molecule has 2 aromatic rings. The number of rotatable bonds is 5. The van der Waals surface area contributed by atoms with Gasteiger partial charge in [-0.2, -0.15) is 0 Å². The fraction of sp³-hybridized carbons (Fsp3) is 0.368. The molecule has 9 heteroatoms. The highest BCUT2D eigenvalue weighted by molar-refractivity contribution is 7.89. The molecule has 0 saturated heterocycles. The number of anilines is 2. The van der Waals surface area contributed by atoms with Crippen LogP contribution < -0.4 is 10.6 Å². The third-order valence-corrected chi connectivity index (χ3v) is 7.05. The van der Waals surface area contributed by atoms with E-state index in [4.69, 9.17) is 10.2 Å². The van der Waals surface area contributed by atoms with Crippen LogP contribution in [-0.2, 0) is 16.4 Å². The lowest BCUT2D eigenvalue weighted by molar-refractivity contribution is 0.110. The minimum absolute atomic E-state index is 0.0369. The van der Waals surface area contributed by atoms with Crippen LogP contribution in [-0.4, -0.2) is 44.1 Å². The van der Waals surface area contributed by atoms with Gasteiger partial charge in [-0.1, -0.05) is 13.8 Å². The van der Waals surface area contributed by atoms with Gasteiger partial charge in [-0.3, -0.25) is 4.79 Å². The van der Waals surface area contributed by atoms with Crippen LogP contribution >= 0.6 is 0 Å². The van der Waals surface area contributed by atoms with Gasteiger partial charge in [0.05, 0.1) is 29.4 Å². The number of aldehydes is 1. The number of carbonyl (C=O) groups excluding carboxylic acids is 1. The monoisotopic (exact) mass is 402 g/mol. The predicted octanol–water partition coefficient (Wildman–Crippen LogP) is 2.13. The molecule has 0 bridgehead atoms. The topological polar surface area (TPSA) is 109 Å². The summed E-state index contributed by atoms with van der Waals surface area (Å²) in [6.45, 7) is 4.88. The van der Waals surface area contributed by atoms with E-state index in [1.807, 2.05) is 18.7 Å². The van der Waals surface area contributed by atoms with Crippen molar-refractivity contribution in [2.75, 3.05) is 18.0 Å². The summed E-state index contributed by atoms with van der Waals surface area (Å²) in [5.41, 5.74) is 8.35. The average Bonchev–Trinajstić information content (AvgIpc) is 3.37. The Hall–Kier alpha value is -2.81. The van der Waals surface area contributed by atoms with E-state index >= 15 is 0 Å². The second-order valence-electron chi connectivity index (χ2n) is 7.31. The van der Waals surface area contributed by atoms with E-state index in [1.54, 1.807) is 24.3 Å². The van der Waals surface area contributed by atoms with Gasteiger partial charge in [0.2, 0.25) is 5.96 Å². The van der Waals surface area contributed by atoms with Crippen LogP contribution in [0.25, 0.3) is 0 Å². The first-order valence-corrected chi connectivity index (χ1v) is 10.6. The third kappa shape index (κ3) is 2.86. The number of aliphatic imine (C=N–C) groups is 1. The van der Waals surface area contributed by atoms with E-state index in [2.05, 4.69) is 4.99 Å². The van der Waals surface area contributed by atoms with Gasteiger partial charge >= 0.3 is 0 Å². The highest BCUT2D eigenvalue weighted by Gasteiger charge is 2.36. The van der Waals surface area contributed by atoms with Gasteiger partial charge in [-0.05, 0) is 36.1 Å². The Morgan fingerprint density at radius 1 is 1.29 bits per heavy atom. The van der Waals surface area contributed by atoms with E-state index in [1.165, 1.54) is 10.6 Å². The number of nitrogens with two attached hydrogens (primary N) is 1. The van der Waals surface area contributed by atoms with Gasteiger partial charge in [0, 0.05) is 18.3 Å². The minimum Gasteiger partial charge on any atom is -0.459 e. The highest BCUT2D eigenvalue weighted by Crippen LogP contribution is 2.38. The van der Waals surface area contributed by atoms with Gasteiger partial charge in [0.25, 0.3) is 10.0 Å². The molecule has 0 fully saturated rings. The molecular weight excluding hydrogens is 380 g/mol. The Labute approximate surface area is 163 Å². The molecule has 4 rings (SSSR count). The van der Waals surface area contributed by atoms with Crippen LogP contribution in [0.15, 0.2) is 44.8 Å². The second-order valence-corrected chi connectivity index (χ2v) is 9.18. The summed E-state index contributed by atoms with van der Waals surface area (Å²) in [6.07, 6.45) is 2.81. The van der Waals surface area contributed by atoms with E-state index < -0.39 is 10.0 Å². The van der Waals surface area contributed by atoms with Gasteiger partial charge < -0.3 is 15.1 Å². The van der Waals surface area contributed by atoms with Crippen molar-refractivity contribution in [3.63, 3.8) is 0 Å². The molecule has 0 unspecified atom stereocenters. The molecule has 0 radical (unpaired) electrons. The fourth-order valence-electron chi connectivity index (χ4n) is 3.66. The van der Waals surface area contributed by atoms with E-state index in [9.17, 15) is 13.2 Å². The van der Waals surface area contributed by atoms with Crippen molar-refractivity contribution < 1.29 is 17.6 Å². The van der Waals surface area contributed by atoms with Crippen molar-refractivity contribution in [1.29, 1.82) is 0 Å². The number of hydrogen-bond donors (Lipinski definition) is 1. The van der Waals surface area contributed by atoms with Crippen molar-refractivity contribution >= 4 is 33.6 Å². The molecule has 148 valence electrons. The first kappa shape index (κ1) is 18.5. The predicted molar refractivity (Wildman–Crippen MR) is 105 cm³/mol. The molecule has 2 aliphatic rings. The van der Waals surface area contributed by atoms with Crippen molar-refractivity contribution in [2.24, 2.45) is 16.6 Å². The van der Waals surface area contributed by atoms with Crippen LogP contribution in [0.3, 0.4) is 0 Å². The molecule has 1 aromatic carbocycles. The molecule has 0 spiro atoms. The Morgan fingerprint density at radius 3 is 2.75 bits per heavy atom. The number of benzene rings is 1. The molecule has 1 aromatic heterocycles. The van der Waals surface area contributed by atoms with Crippen molar-refractivity contribution in [2.45, 2.75) is 31.2 Å². The summed E-state index contributed by atoms with van der Waals surface area (Å²) >= 11 is 0. The van der Waals surface area contributed by atoms with Gasteiger partial charge in [0.15, 0.2) is 12.0 Å². The standard InChI is InChI=1S/C19H22N4O4S/c1-12(2)15-10-23(19(20)21-15)28(25,26)14-3-4-16-13(9-14)5-7-22(16)17-6-8-27-18(17)11-24/h3-4,6,8-9,11-12,15H,5,7,10H2,1-2H3,(H2,20,21)/t15-/m1/s1. The van der Waals surface area contributed by atoms with E-state index in [0.29, 0.717) is 24.9 Å². The summed E-state index contributed by atoms with van der Waals surface area (Å²) in [5.74, 6) is 0.495. The molecule has 2 N–H and O–H groups in total. The van der Waals surface area contributed by atoms with Crippen molar-refractivity contribution in [3.8, 4) is 0 Å². The lowest BCUT2D eigenvalue weighted by Gasteiger charge is -2.21. The summed E-state index contributed by atoms with van der Waals surface area (Å²) in [4.78, 5) is 17.6. The van der Waals surface area contributed by atoms with Crippen molar-refractivity contribution in [3.05, 3.63) is 41.9 Å². The number of nitrogens with zero attached hydrogens (tertiary/aromatic N) is 3. The largest absolute Gasteiger partial charge is 0.459 e. The zero-order chi connectivity index (χ0) is 20.1. The molecule has 0 aliphatic carbocycles. The Bertz CT molecular complexity index is 1060. The third-order valence-electron chi connectivity index (χ3n) is 5.28. The maximum atomic E-state index is 13.1. The summed E-state index contributed by atoms with van der Waals surface area (Å²) in [6, 6.07) is 6.61. The maximum absolute atomic E-state index is 13.1. The smallest absolute Gasteiger partial charge is 0.266 e. The zero-order valence-electron chi connectivity index (χ0n) is 15.7. The number of hydrogen-bond acceptors (Lipinski definition) is 7. The molecular formula is C19H22N4O4S. The number of guanidine groups is 1. The first-order chi connectivity index (χ1) is 13.3. The second kappa shape index (κ2) is 6.66. The van der Waals surface area contributed by atoms with Crippen LogP contribution in [0.1, 0.15) is 30.0 Å². The molecule has 1 atom stereocenters. The molecule has 0 saturated carbocycles. The highest BCUT2D eigenvalue weighted by atomic mass is 32.2. The van der Waals surface area contributed by atoms with Gasteiger partial charge in [-0.25, -0.2) is 17.7 Å². The number of fused-ring (bicyclic) bond motifs is 1. The summed E-state index contributed by atoms with van der Waals surface area (Å²) in [7, 11) is -3.78. The molecule has 8 nitrogen and oxygen atoms in total. The lowest BCUT2D eigenvalue weighted by Crippen LogP contribution is -2.40. The summed E-state index contributed by atoms with van der Waals surface area (Å²) < 4.78 is 32.6. The van der Waals surface area contributed by atoms with Crippen LogP contribution in [0.2, 0.25) is 0 Å². The minimum atomic E-state index is -3.78. The van der Waals surface area contributed by atoms with E-state index in [-0.39, 0.29) is 35.1 Å². The van der Waals surface area contributed by atoms with Crippen LogP contribution in [0, 0.1) is 5.92 Å².